The molecule has 20 heavy (non-hydrogen) atoms. The molecule has 7 nitrogen and oxygen atoms in total. The van der Waals surface area contributed by atoms with Crippen LogP contribution in [0, 0.1) is 17.8 Å². The van der Waals surface area contributed by atoms with Gasteiger partial charge in [-0.05, 0) is 37.0 Å². The van der Waals surface area contributed by atoms with Gasteiger partial charge in [-0.3, -0.25) is 5.43 Å². The number of aromatic nitrogens is 3. The van der Waals surface area contributed by atoms with E-state index in [4.69, 9.17) is 5.84 Å². The molecule has 4 N–H and O–H groups in total. The molecular weight excluding hydrogens is 254 g/mol. The van der Waals surface area contributed by atoms with Gasteiger partial charge < -0.3 is 10.2 Å². The third-order valence-electron chi connectivity index (χ3n) is 4.56. The summed E-state index contributed by atoms with van der Waals surface area (Å²) in [6.45, 7) is 0.946. The number of hydrogen-bond donors (Lipinski definition) is 3. The van der Waals surface area contributed by atoms with Crippen LogP contribution in [-0.4, -0.2) is 35.6 Å². The highest BCUT2D eigenvalue weighted by atomic mass is 15.4. The number of rotatable bonds is 5. The number of hydrazine groups is 1. The highest BCUT2D eigenvalue weighted by Crippen LogP contribution is 2.48. The summed E-state index contributed by atoms with van der Waals surface area (Å²) >= 11 is 0. The number of hydrogen-bond acceptors (Lipinski definition) is 7. The van der Waals surface area contributed by atoms with Gasteiger partial charge in [0.05, 0.1) is 0 Å². The normalized spacial score (nSPS) is 27.6. The fraction of sp³-hybridized carbons (Fsp3) is 0.769. The first kappa shape index (κ1) is 13.4. The summed E-state index contributed by atoms with van der Waals surface area (Å²) in [5.41, 5.74) is 2.49. The Morgan fingerprint density at radius 1 is 1.15 bits per heavy atom. The van der Waals surface area contributed by atoms with Crippen LogP contribution >= 0.6 is 0 Å². The van der Waals surface area contributed by atoms with Gasteiger partial charge in [0.15, 0.2) is 0 Å². The zero-order valence-corrected chi connectivity index (χ0v) is 12.1. The van der Waals surface area contributed by atoms with Crippen molar-refractivity contribution in [3.05, 3.63) is 0 Å². The molecule has 0 radical (unpaired) electrons. The van der Waals surface area contributed by atoms with Crippen LogP contribution in [0.15, 0.2) is 0 Å². The minimum absolute atomic E-state index is 0.388. The number of nitrogens with zero attached hydrogens (tertiary/aromatic N) is 4. The maximum atomic E-state index is 5.41. The van der Waals surface area contributed by atoms with Gasteiger partial charge in [0, 0.05) is 20.6 Å². The average molecular weight is 277 g/mol. The Bertz CT molecular complexity index is 476. The van der Waals surface area contributed by atoms with Crippen molar-refractivity contribution in [3.63, 3.8) is 0 Å². The largest absolute Gasteiger partial charge is 0.354 e. The van der Waals surface area contributed by atoms with Gasteiger partial charge in [-0.15, -0.1) is 0 Å². The first-order valence-electron chi connectivity index (χ1n) is 7.29. The minimum Gasteiger partial charge on any atom is -0.354 e. The molecule has 2 bridgehead atoms. The summed E-state index contributed by atoms with van der Waals surface area (Å²) in [5, 5.41) is 3.36. The van der Waals surface area contributed by atoms with E-state index in [2.05, 4.69) is 25.7 Å². The van der Waals surface area contributed by atoms with Crippen LogP contribution < -0.4 is 21.5 Å². The van der Waals surface area contributed by atoms with E-state index in [0.717, 1.165) is 24.3 Å². The second-order valence-corrected chi connectivity index (χ2v) is 6.14. The molecular formula is C13H23N7. The van der Waals surface area contributed by atoms with Crippen molar-refractivity contribution in [3.8, 4) is 0 Å². The molecule has 2 aliphatic carbocycles. The number of nitrogens with two attached hydrogens (primary N) is 1. The third kappa shape index (κ3) is 2.63. The molecule has 1 aromatic rings. The quantitative estimate of drug-likeness (QED) is 0.547. The van der Waals surface area contributed by atoms with Crippen LogP contribution in [0.25, 0.3) is 0 Å². The molecule has 0 saturated heterocycles. The van der Waals surface area contributed by atoms with E-state index >= 15 is 0 Å². The second kappa shape index (κ2) is 5.40. The Kier molecular flexibility index (Phi) is 3.60. The van der Waals surface area contributed by atoms with Crippen molar-refractivity contribution in [2.75, 3.05) is 36.3 Å². The summed E-state index contributed by atoms with van der Waals surface area (Å²) in [7, 11) is 3.80. The van der Waals surface area contributed by atoms with Gasteiger partial charge in [0.25, 0.3) is 0 Å². The lowest BCUT2D eigenvalue weighted by molar-refractivity contribution is 0.348. The van der Waals surface area contributed by atoms with E-state index in [-0.39, 0.29) is 0 Å². The SMILES string of the molecule is CN(C)c1nc(NN)nc(NCC2CC3CCC2C3)n1. The number of anilines is 3. The summed E-state index contributed by atoms with van der Waals surface area (Å²) in [5.74, 6) is 9.62. The first-order chi connectivity index (χ1) is 9.65. The van der Waals surface area contributed by atoms with Crippen LogP contribution in [0.5, 0.6) is 0 Å². The topological polar surface area (TPSA) is 92.0 Å². The number of nitrogen functional groups attached to an aromatic ring is 1. The van der Waals surface area contributed by atoms with Crippen molar-refractivity contribution in [2.24, 2.45) is 23.6 Å². The van der Waals surface area contributed by atoms with Gasteiger partial charge in [-0.25, -0.2) is 5.84 Å². The lowest BCUT2D eigenvalue weighted by Crippen LogP contribution is -2.23. The van der Waals surface area contributed by atoms with Crippen LogP contribution in [0.4, 0.5) is 17.8 Å². The third-order valence-corrected chi connectivity index (χ3v) is 4.56. The Morgan fingerprint density at radius 2 is 1.95 bits per heavy atom. The van der Waals surface area contributed by atoms with Gasteiger partial charge in [0.2, 0.25) is 17.8 Å². The average Bonchev–Trinajstić information content (AvgIpc) is 3.07. The molecule has 0 aliphatic heterocycles. The molecule has 1 heterocycles. The fourth-order valence-electron chi connectivity index (χ4n) is 3.56. The van der Waals surface area contributed by atoms with E-state index in [1.54, 1.807) is 0 Å². The molecule has 3 unspecified atom stereocenters. The van der Waals surface area contributed by atoms with Crippen LogP contribution in [0.1, 0.15) is 25.7 Å². The smallest absolute Gasteiger partial charge is 0.243 e. The maximum Gasteiger partial charge on any atom is 0.243 e. The van der Waals surface area contributed by atoms with Crippen molar-refractivity contribution in [2.45, 2.75) is 25.7 Å². The Balaban J connectivity index is 1.66. The van der Waals surface area contributed by atoms with E-state index in [1.165, 1.54) is 25.7 Å². The van der Waals surface area contributed by atoms with Crippen LogP contribution in [0.3, 0.4) is 0 Å². The monoisotopic (exact) mass is 277 g/mol. The molecule has 3 rings (SSSR count). The lowest BCUT2D eigenvalue weighted by Gasteiger charge is -2.22. The van der Waals surface area contributed by atoms with Crippen molar-refractivity contribution < 1.29 is 0 Å². The highest BCUT2D eigenvalue weighted by molar-refractivity contribution is 5.42. The first-order valence-corrected chi connectivity index (χ1v) is 7.29. The van der Waals surface area contributed by atoms with E-state index in [0.29, 0.717) is 17.8 Å². The molecule has 1 aromatic heterocycles. The number of fused-ring (bicyclic) bond motifs is 2. The Hall–Kier alpha value is -1.63. The molecule has 0 amide bonds. The van der Waals surface area contributed by atoms with Crippen LogP contribution in [0.2, 0.25) is 0 Å². The predicted molar refractivity (Wildman–Crippen MR) is 79.4 cm³/mol. The Morgan fingerprint density at radius 3 is 2.55 bits per heavy atom. The summed E-state index contributed by atoms with van der Waals surface area (Å²) in [4.78, 5) is 14.7. The van der Waals surface area contributed by atoms with Crippen molar-refractivity contribution in [1.29, 1.82) is 0 Å². The lowest BCUT2D eigenvalue weighted by atomic mass is 9.89. The summed E-state index contributed by atoms with van der Waals surface area (Å²) in [6, 6.07) is 0. The van der Waals surface area contributed by atoms with Gasteiger partial charge in [-0.1, -0.05) is 6.42 Å². The Labute approximate surface area is 119 Å². The molecule has 2 saturated carbocycles. The van der Waals surface area contributed by atoms with Gasteiger partial charge >= 0.3 is 0 Å². The molecule has 2 aliphatic rings. The van der Waals surface area contributed by atoms with Crippen LogP contribution in [-0.2, 0) is 0 Å². The second-order valence-electron chi connectivity index (χ2n) is 6.14. The standard InChI is InChI=1S/C13H23N7/c1-20(2)13-17-11(16-12(18-13)19-14)15-7-10-6-8-3-4-9(10)5-8/h8-10H,3-7,14H2,1-2H3,(H2,15,16,17,18,19). The van der Waals surface area contributed by atoms with E-state index < -0.39 is 0 Å². The van der Waals surface area contributed by atoms with E-state index in [1.807, 2.05) is 19.0 Å². The van der Waals surface area contributed by atoms with Crippen molar-refractivity contribution in [1.82, 2.24) is 15.0 Å². The molecule has 110 valence electrons. The number of nitrogens with one attached hydrogen (secondary N) is 2. The molecule has 0 aromatic carbocycles. The predicted octanol–water partition coefficient (Wildman–Crippen LogP) is 1.07. The fourth-order valence-corrected chi connectivity index (χ4v) is 3.56. The molecule has 3 atom stereocenters. The molecule has 2 fully saturated rings. The highest BCUT2D eigenvalue weighted by Gasteiger charge is 2.39. The minimum atomic E-state index is 0.388. The maximum absolute atomic E-state index is 5.41. The molecule has 0 spiro atoms. The van der Waals surface area contributed by atoms with Gasteiger partial charge in [-0.2, -0.15) is 15.0 Å². The molecule has 7 heteroatoms. The van der Waals surface area contributed by atoms with E-state index in [9.17, 15) is 0 Å². The zero-order chi connectivity index (χ0) is 14.1. The summed E-state index contributed by atoms with van der Waals surface area (Å²) in [6.07, 6.45) is 5.60. The zero-order valence-electron chi connectivity index (χ0n) is 12.1. The van der Waals surface area contributed by atoms with Gasteiger partial charge in [0.1, 0.15) is 0 Å². The summed E-state index contributed by atoms with van der Waals surface area (Å²) < 4.78 is 0. The van der Waals surface area contributed by atoms with Crippen molar-refractivity contribution >= 4 is 17.8 Å².